The number of piperidine rings is 3. The molecule has 1 unspecified atom stereocenters. The predicted octanol–water partition coefficient (Wildman–Crippen LogP) is 2.59. The summed E-state index contributed by atoms with van der Waals surface area (Å²) in [6.45, 7) is 3.39. The van der Waals surface area contributed by atoms with Crippen LogP contribution in [0.1, 0.15) is 24.8 Å². The number of hydroxylamine groups is 1. The molecule has 4 fully saturated rings. The van der Waals surface area contributed by atoms with E-state index in [0.717, 1.165) is 29.0 Å². The van der Waals surface area contributed by atoms with Crippen molar-refractivity contribution < 1.29 is 4.84 Å². The third-order valence-electron chi connectivity index (χ3n) is 5.40. The molecule has 6 rings (SSSR count). The Hall–Kier alpha value is -2.01. The van der Waals surface area contributed by atoms with E-state index in [0.29, 0.717) is 16.6 Å². The second kappa shape index (κ2) is 5.24. The van der Waals surface area contributed by atoms with Crippen molar-refractivity contribution in [2.45, 2.75) is 24.9 Å². The molecule has 4 saturated heterocycles. The zero-order valence-corrected chi connectivity index (χ0v) is 14.0. The number of fused-ring (bicyclic) bond motifs is 3. The zero-order valence-electron chi connectivity index (χ0n) is 13.2. The average molecular weight is 339 g/mol. The third kappa shape index (κ3) is 2.22. The number of nitriles is 1. The van der Waals surface area contributed by atoms with Crippen LogP contribution < -0.4 is 5.48 Å². The number of nitrogens with one attached hydrogen (secondary N) is 1. The molecule has 122 valence electrons. The summed E-state index contributed by atoms with van der Waals surface area (Å²) < 4.78 is 1.05. The lowest BCUT2D eigenvalue weighted by molar-refractivity contribution is -0.150. The Kier molecular flexibility index (Phi) is 3.13. The van der Waals surface area contributed by atoms with Gasteiger partial charge in [-0.3, -0.25) is 10.3 Å². The van der Waals surface area contributed by atoms with E-state index < -0.39 is 0 Å². The van der Waals surface area contributed by atoms with Crippen LogP contribution in [0.3, 0.4) is 0 Å². The Bertz CT molecular complexity index is 877. The summed E-state index contributed by atoms with van der Waals surface area (Å²) in [7, 11) is 0. The normalized spacial score (nSPS) is 33.2. The molecule has 0 saturated carbocycles. The molecular weight excluding hydrogens is 322 g/mol. The second-order valence-electron chi connectivity index (χ2n) is 6.85. The van der Waals surface area contributed by atoms with Gasteiger partial charge in [0.15, 0.2) is 0 Å². The van der Waals surface area contributed by atoms with Crippen molar-refractivity contribution in [1.29, 1.82) is 5.26 Å². The Morgan fingerprint density at radius 3 is 3.04 bits per heavy atom. The van der Waals surface area contributed by atoms with Crippen LogP contribution in [0.2, 0.25) is 0 Å². The number of benzene rings is 1. The Morgan fingerprint density at radius 1 is 1.42 bits per heavy atom. The number of aliphatic imine (C=N–C) groups is 1. The van der Waals surface area contributed by atoms with E-state index >= 15 is 0 Å². The van der Waals surface area contributed by atoms with Crippen molar-refractivity contribution in [3.8, 4) is 6.07 Å². The predicted molar refractivity (Wildman–Crippen MR) is 92.2 cm³/mol. The van der Waals surface area contributed by atoms with Gasteiger partial charge in [-0.1, -0.05) is 11.3 Å². The van der Waals surface area contributed by atoms with Crippen LogP contribution >= 0.6 is 11.3 Å². The minimum Gasteiger partial charge on any atom is -0.300 e. The molecule has 1 aromatic heterocycles. The van der Waals surface area contributed by atoms with Gasteiger partial charge in [0.05, 0.1) is 21.8 Å². The van der Waals surface area contributed by atoms with Crippen LogP contribution in [-0.4, -0.2) is 41.0 Å². The molecule has 0 radical (unpaired) electrons. The SMILES string of the molecule is N#Cc1ccc2sc(/N=C3/CC4(CN5CCC4CC5)ON3)nc2c1. The first-order chi connectivity index (χ1) is 11.7. The topological polar surface area (TPSA) is 73.5 Å². The van der Waals surface area contributed by atoms with Crippen molar-refractivity contribution in [2.24, 2.45) is 10.9 Å². The van der Waals surface area contributed by atoms with E-state index in [9.17, 15) is 0 Å². The van der Waals surface area contributed by atoms with Gasteiger partial charge in [0, 0.05) is 13.0 Å². The lowest BCUT2D eigenvalue weighted by Gasteiger charge is -2.49. The summed E-state index contributed by atoms with van der Waals surface area (Å²) in [5.41, 5.74) is 4.40. The van der Waals surface area contributed by atoms with Gasteiger partial charge < -0.3 is 4.90 Å². The van der Waals surface area contributed by atoms with Gasteiger partial charge in [-0.2, -0.15) is 5.26 Å². The van der Waals surface area contributed by atoms with Crippen LogP contribution in [-0.2, 0) is 4.84 Å². The van der Waals surface area contributed by atoms with E-state index in [1.54, 1.807) is 0 Å². The van der Waals surface area contributed by atoms with Crippen molar-refractivity contribution >= 4 is 32.5 Å². The molecule has 1 spiro atoms. The largest absolute Gasteiger partial charge is 0.300 e. The highest BCUT2D eigenvalue weighted by Crippen LogP contribution is 2.42. The number of aromatic nitrogens is 1. The number of thiazole rings is 1. The molecule has 24 heavy (non-hydrogen) atoms. The fourth-order valence-electron chi connectivity index (χ4n) is 4.17. The Morgan fingerprint density at radius 2 is 2.29 bits per heavy atom. The molecule has 4 aliphatic heterocycles. The highest BCUT2D eigenvalue weighted by molar-refractivity contribution is 7.22. The highest BCUT2D eigenvalue weighted by Gasteiger charge is 2.52. The van der Waals surface area contributed by atoms with Gasteiger partial charge in [0.1, 0.15) is 11.4 Å². The molecule has 1 aromatic carbocycles. The van der Waals surface area contributed by atoms with E-state index in [4.69, 9.17) is 10.1 Å². The summed E-state index contributed by atoms with van der Waals surface area (Å²) in [4.78, 5) is 17.7. The molecule has 0 amide bonds. The van der Waals surface area contributed by atoms with Gasteiger partial charge in [-0.05, 0) is 50.0 Å². The van der Waals surface area contributed by atoms with Crippen molar-refractivity contribution in [1.82, 2.24) is 15.4 Å². The van der Waals surface area contributed by atoms with Crippen molar-refractivity contribution in [3.63, 3.8) is 0 Å². The van der Waals surface area contributed by atoms with Crippen LogP contribution in [0.5, 0.6) is 0 Å². The first-order valence-corrected chi connectivity index (χ1v) is 9.10. The Labute approximate surface area is 143 Å². The molecular formula is C17H17N5OS. The van der Waals surface area contributed by atoms with Gasteiger partial charge in [-0.25, -0.2) is 9.98 Å². The molecule has 0 aliphatic carbocycles. The van der Waals surface area contributed by atoms with E-state index in [-0.39, 0.29) is 5.60 Å². The average Bonchev–Trinajstić information content (AvgIpc) is 3.19. The molecule has 2 bridgehead atoms. The lowest BCUT2D eigenvalue weighted by atomic mass is 9.74. The van der Waals surface area contributed by atoms with Crippen LogP contribution in [0.15, 0.2) is 23.2 Å². The summed E-state index contributed by atoms with van der Waals surface area (Å²) >= 11 is 1.54. The van der Waals surface area contributed by atoms with Gasteiger partial charge in [0.2, 0.25) is 5.13 Å². The minimum absolute atomic E-state index is 0.111. The number of nitrogens with zero attached hydrogens (tertiary/aromatic N) is 4. The minimum atomic E-state index is -0.111. The van der Waals surface area contributed by atoms with Crippen molar-refractivity contribution in [2.75, 3.05) is 19.6 Å². The quantitative estimate of drug-likeness (QED) is 0.864. The zero-order chi connectivity index (χ0) is 16.1. The van der Waals surface area contributed by atoms with Crippen LogP contribution in [0.25, 0.3) is 10.2 Å². The summed E-state index contributed by atoms with van der Waals surface area (Å²) in [5, 5.41) is 9.71. The molecule has 5 heterocycles. The molecule has 1 N–H and O–H groups in total. The lowest BCUT2D eigenvalue weighted by Crippen LogP contribution is -2.59. The van der Waals surface area contributed by atoms with Crippen molar-refractivity contribution in [3.05, 3.63) is 23.8 Å². The van der Waals surface area contributed by atoms with E-state index in [2.05, 4.69) is 26.4 Å². The smallest absolute Gasteiger partial charge is 0.211 e. The van der Waals surface area contributed by atoms with Gasteiger partial charge in [0.25, 0.3) is 0 Å². The maximum Gasteiger partial charge on any atom is 0.211 e. The highest BCUT2D eigenvalue weighted by atomic mass is 32.1. The number of hydrogen-bond donors (Lipinski definition) is 1. The number of amidine groups is 1. The maximum absolute atomic E-state index is 8.99. The summed E-state index contributed by atoms with van der Waals surface area (Å²) in [6.07, 6.45) is 3.26. The van der Waals surface area contributed by atoms with E-state index in [1.807, 2.05) is 18.2 Å². The standard InChI is InChI=1S/C17H17N5OS/c18-9-11-1-2-14-13(7-11)19-16(24-14)20-15-8-17(23-21-15)10-22-5-3-12(17)4-6-22/h1-2,7,12H,3-6,8,10H2,(H,19,20,21). The Balaban J connectivity index is 1.42. The summed E-state index contributed by atoms with van der Waals surface area (Å²) in [5.74, 6) is 1.49. The molecule has 1 atom stereocenters. The molecule has 6 nitrogen and oxygen atoms in total. The van der Waals surface area contributed by atoms with Crippen LogP contribution in [0.4, 0.5) is 5.13 Å². The maximum atomic E-state index is 8.99. The fraction of sp³-hybridized carbons (Fsp3) is 0.471. The van der Waals surface area contributed by atoms with E-state index in [1.165, 1.54) is 37.3 Å². The number of hydrogen-bond acceptors (Lipinski definition) is 6. The number of rotatable bonds is 1. The first-order valence-electron chi connectivity index (χ1n) is 8.29. The monoisotopic (exact) mass is 339 g/mol. The fourth-order valence-corrected chi connectivity index (χ4v) is 5.01. The molecule has 7 heteroatoms. The summed E-state index contributed by atoms with van der Waals surface area (Å²) in [6, 6.07) is 7.71. The van der Waals surface area contributed by atoms with Gasteiger partial charge >= 0.3 is 0 Å². The molecule has 2 aromatic rings. The third-order valence-corrected chi connectivity index (χ3v) is 6.33. The first kappa shape index (κ1) is 14.3. The van der Waals surface area contributed by atoms with Gasteiger partial charge in [-0.15, -0.1) is 0 Å². The second-order valence-corrected chi connectivity index (χ2v) is 7.85. The molecule has 4 aliphatic rings. The van der Waals surface area contributed by atoms with Crippen LogP contribution in [0, 0.1) is 17.2 Å².